The Labute approximate surface area is 167 Å². The Balaban J connectivity index is 1.53. The first-order chi connectivity index (χ1) is 14.0. The van der Waals surface area contributed by atoms with Crippen LogP contribution in [0.2, 0.25) is 0 Å². The van der Waals surface area contributed by atoms with Gasteiger partial charge in [-0.1, -0.05) is 18.2 Å². The van der Waals surface area contributed by atoms with Gasteiger partial charge in [0.25, 0.3) is 11.5 Å². The number of rotatable bonds is 5. The molecule has 3 aromatic rings. The summed E-state index contributed by atoms with van der Waals surface area (Å²) in [6.45, 7) is 3.56. The molecule has 0 radical (unpaired) electrons. The van der Waals surface area contributed by atoms with Gasteiger partial charge < -0.3 is 19.5 Å². The molecule has 1 unspecified atom stereocenters. The fourth-order valence-corrected chi connectivity index (χ4v) is 3.14. The molecule has 0 bridgehead atoms. The van der Waals surface area contributed by atoms with E-state index in [9.17, 15) is 9.59 Å². The molecule has 0 saturated carbocycles. The third-order valence-electron chi connectivity index (χ3n) is 4.83. The number of nitrogens with zero attached hydrogens (tertiary/aromatic N) is 2. The highest BCUT2D eigenvalue weighted by atomic mass is 16.7. The van der Waals surface area contributed by atoms with Crippen molar-refractivity contribution >= 4 is 11.6 Å². The van der Waals surface area contributed by atoms with Crippen molar-refractivity contribution in [2.75, 3.05) is 12.1 Å². The topological polar surface area (TPSA) is 83.7 Å². The highest BCUT2D eigenvalue weighted by Gasteiger charge is 2.22. The molecule has 0 aliphatic carbocycles. The third-order valence-corrected chi connectivity index (χ3v) is 4.83. The standard InChI is InChI=1S/C21H21N3O5/c1-13-19(21(26)24(23(13)3)15-7-5-4-6-8-15)22-20(25)14(2)29-16-9-10-17-18(11-16)28-12-27-17/h4-11,14H,12H2,1-3H3,(H,22,25). The van der Waals surface area contributed by atoms with Crippen molar-refractivity contribution < 1.29 is 19.0 Å². The van der Waals surface area contributed by atoms with E-state index in [0.717, 1.165) is 0 Å². The molecule has 0 saturated heterocycles. The van der Waals surface area contributed by atoms with Gasteiger partial charge in [-0.15, -0.1) is 0 Å². The summed E-state index contributed by atoms with van der Waals surface area (Å²) < 4.78 is 19.5. The number of carbonyl (C=O) groups excluding carboxylic acids is 1. The van der Waals surface area contributed by atoms with E-state index >= 15 is 0 Å². The minimum Gasteiger partial charge on any atom is -0.481 e. The average molecular weight is 395 g/mol. The first-order valence-corrected chi connectivity index (χ1v) is 9.17. The van der Waals surface area contributed by atoms with Crippen molar-refractivity contribution in [3.8, 4) is 22.9 Å². The van der Waals surface area contributed by atoms with Gasteiger partial charge in [0.05, 0.1) is 11.4 Å². The first kappa shape index (κ1) is 18.7. The molecule has 1 N–H and O–H groups in total. The van der Waals surface area contributed by atoms with Crippen molar-refractivity contribution in [1.29, 1.82) is 0 Å². The van der Waals surface area contributed by atoms with E-state index in [2.05, 4.69) is 5.32 Å². The van der Waals surface area contributed by atoms with E-state index in [4.69, 9.17) is 14.2 Å². The molecule has 1 amide bonds. The quantitative estimate of drug-likeness (QED) is 0.718. The van der Waals surface area contributed by atoms with Crippen LogP contribution in [0.25, 0.3) is 5.69 Å². The molecule has 8 nitrogen and oxygen atoms in total. The fourth-order valence-electron chi connectivity index (χ4n) is 3.14. The molecule has 0 spiro atoms. The second kappa shape index (κ2) is 7.38. The molecule has 2 aromatic carbocycles. The fraction of sp³-hybridized carbons (Fsp3) is 0.238. The first-order valence-electron chi connectivity index (χ1n) is 9.17. The highest BCUT2D eigenvalue weighted by molar-refractivity contribution is 5.94. The van der Waals surface area contributed by atoms with Gasteiger partial charge in [-0.05, 0) is 38.1 Å². The number of aromatic nitrogens is 2. The summed E-state index contributed by atoms with van der Waals surface area (Å²) in [6.07, 6.45) is -0.820. The number of ether oxygens (including phenoxy) is 3. The lowest BCUT2D eigenvalue weighted by Crippen LogP contribution is -2.32. The van der Waals surface area contributed by atoms with Crippen LogP contribution in [0.1, 0.15) is 12.6 Å². The SMILES string of the molecule is Cc1c(NC(=O)C(C)Oc2ccc3c(c2)OCO3)c(=O)n(-c2ccccc2)n1C. The van der Waals surface area contributed by atoms with Crippen LogP contribution in [0.5, 0.6) is 17.2 Å². The maximum Gasteiger partial charge on any atom is 0.295 e. The number of benzene rings is 2. The van der Waals surface area contributed by atoms with Crippen LogP contribution in [0.4, 0.5) is 5.69 Å². The van der Waals surface area contributed by atoms with Gasteiger partial charge in [0, 0.05) is 13.1 Å². The van der Waals surface area contributed by atoms with Gasteiger partial charge in [0.2, 0.25) is 6.79 Å². The molecule has 1 aliphatic heterocycles. The molecule has 8 heteroatoms. The van der Waals surface area contributed by atoms with Crippen LogP contribution >= 0.6 is 0 Å². The minimum atomic E-state index is -0.820. The summed E-state index contributed by atoms with van der Waals surface area (Å²) in [5, 5.41) is 2.71. The molecule has 0 fully saturated rings. The van der Waals surface area contributed by atoms with Gasteiger partial charge in [0.1, 0.15) is 11.4 Å². The Hall–Kier alpha value is -3.68. The number of hydrogen-bond acceptors (Lipinski definition) is 5. The number of nitrogens with one attached hydrogen (secondary N) is 1. The maximum atomic E-state index is 12.9. The van der Waals surface area contributed by atoms with Crippen LogP contribution in [-0.2, 0) is 11.8 Å². The van der Waals surface area contributed by atoms with E-state index in [1.54, 1.807) is 43.8 Å². The van der Waals surface area contributed by atoms with E-state index in [1.165, 1.54) is 4.68 Å². The molecule has 1 atom stereocenters. The Morgan fingerprint density at radius 3 is 2.62 bits per heavy atom. The van der Waals surface area contributed by atoms with Gasteiger partial charge >= 0.3 is 0 Å². The third kappa shape index (κ3) is 3.44. The van der Waals surface area contributed by atoms with Crippen molar-refractivity contribution in [2.24, 2.45) is 7.05 Å². The minimum absolute atomic E-state index is 0.163. The summed E-state index contributed by atoms with van der Waals surface area (Å²) in [7, 11) is 1.77. The lowest BCUT2D eigenvalue weighted by Gasteiger charge is -2.14. The number of amides is 1. The predicted octanol–water partition coefficient (Wildman–Crippen LogP) is 2.62. The Kier molecular flexibility index (Phi) is 4.75. The van der Waals surface area contributed by atoms with Crippen LogP contribution in [0, 0.1) is 6.92 Å². The van der Waals surface area contributed by atoms with Crippen molar-refractivity contribution in [1.82, 2.24) is 9.36 Å². The monoisotopic (exact) mass is 395 g/mol. The second-order valence-electron chi connectivity index (χ2n) is 6.70. The van der Waals surface area contributed by atoms with Gasteiger partial charge in [0.15, 0.2) is 17.6 Å². The lowest BCUT2D eigenvalue weighted by atomic mass is 10.3. The zero-order valence-electron chi connectivity index (χ0n) is 16.3. The van der Waals surface area contributed by atoms with E-state index < -0.39 is 12.0 Å². The van der Waals surface area contributed by atoms with Gasteiger partial charge in [-0.3, -0.25) is 14.3 Å². The summed E-state index contributed by atoms with van der Waals surface area (Å²) in [6, 6.07) is 14.3. The van der Waals surface area contributed by atoms with Crippen molar-refractivity contribution in [3.05, 3.63) is 64.6 Å². The number of fused-ring (bicyclic) bond motifs is 1. The molecular formula is C21H21N3O5. The number of anilines is 1. The zero-order chi connectivity index (χ0) is 20.5. The van der Waals surface area contributed by atoms with E-state index in [-0.39, 0.29) is 18.0 Å². The summed E-state index contributed by atoms with van der Waals surface area (Å²) in [4.78, 5) is 25.6. The molecule has 4 rings (SSSR count). The molecule has 150 valence electrons. The molecule has 1 aromatic heterocycles. The summed E-state index contributed by atoms with van der Waals surface area (Å²) in [5.41, 5.74) is 1.28. The zero-order valence-corrected chi connectivity index (χ0v) is 16.3. The van der Waals surface area contributed by atoms with Gasteiger partial charge in [-0.25, -0.2) is 4.68 Å². The normalized spacial score (nSPS) is 13.2. The molecular weight excluding hydrogens is 374 g/mol. The average Bonchev–Trinajstić information content (AvgIpc) is 3.27. The lowest BCUT2D eigenvalue weighted by molar-refractivity contribution is -0.122. The Morgan fingerprint density at radius 1 is 1.14 bits per heavy atom. The van der Waals surface area contributed by atoms with Crippen LogP contribution in [0.3, 0.4) is 0 Å². The molecule has 1 aliphatic rings. The smallest absolute Gasteiger partial charge is 0.295 e. The second-order valence-corrected chi connectivity index (χ2v) is 6.70. The number of carbonyl (C=O) groups is 1. The molecule has 2 heterocycles. The van der Waals surface area contributed by atoms with Crippen LogP contribution < -0.4 is 25.1 Å². The number of hydrogen-bond donors (Lipinski definition) is 1. The van der Waals surface area contributed by atoms with Gasteiger partial charge in [-0.2, -0.15) is 0 Å². The summed E-state index contributed by atoms with van der Waals surface area (Å²) in [5.74, 6) is 1.26. The predicted molar refractivity (Wildman–Crippen MR) is 107 cm³/mol. The summed E-state index contributed by atoms with van der Waals surface area (Å²) >= 11 is 0. The Morgan fingerprint density at radius 2 is 1.86 bits per heavy atom. The van der Waals surface area contributed by atoms with Crippen LogP contribution in [-0.4, -0.2) is 28.2 Å². The molecule has 29 heavy (non-hydrogen) atoms. The van der Waals surface area contributed by atoms with E-state index in [1.807, 2.05) is 30.3 Å². The van der Waals surface area contributed by atoms with E-state index in [0.29, 0.717) is 28.6 Å². The maximum absolute atomic E-state index is 12.9. The Bertz CT molecular complexity index is 1120. The van der Waals surface area contributed by atoms with Crippen molar-refractivity contribution in [2.45, 2.75) is 20.0 Å². The van der Waals surface area contributed by atoms with Crippen LogP contribution in [0.15, 0.2) is 53.3 Å². The highest BCUT2D eigenvalue weighted by Crippen LogP contribution is 2.35. The van der Waals surface area contributed by atoms with Crippen molar-refractivity contribution in [3.63, 3.8) is 0 Å². The number of para-hydroxylation sites is 1. The largest absolute Gasteiger partial charge is 0.481 e.